The summed E-state index contributed by atoms with van der Waals surface area (Å²) in [4.78, 5) is 12.2. The first-order valence-corrected chi connectivity index (χ1v) is 7.33. The summed E-state index contributed by atoms with van der Waals surface area (Å²) in [5.41, 5.74) is 0.973. The molecule has 0 bridgehead atoms. The molecule has 0 spiro atoms. The second-order valence-electron chi connectivity index (χ2n) is 4.75. The summed E-state index contributed by atoms with van der Waals surface area (Å²) < 4.78 is 0. The summed E-state index contributed by atoms with van der Waals surface area (Å²) in [6.45, 7) is 0. The Hall–Kier alpha value is -3.79. The molecule has 7 heteroatoms. The van der Waals surface area contributed by atoms with Crippen LogP contribution in [-0.2, 0) is 0 Å². The first-order valence-electron chi connectivity index (χ1n) is 6.96. The normalized spacial score (nSPS) is 9.04. The lowest BCUT2D eigenvalue weighted by molar-refractivity contribution is 0.102. The van der Waals surface area contributed by atoms with Crippen LogP contribution in [0.3, 0.4) is 0 Å². The van der Waals surface area contributed by atoms with Crippen LogP contribution < -0.4 is 10.6 Å². The van der Waals surface area contributed by atoms with E-state index in [-0.39, 0.29) is 17.2 Å². The number of nitriles is 3. The maximum atomic E-state index is 12.2. The number of halogens is 1. The van der Waals surface area contributed by atoms with Crippen LogP contribution in [0, 0.1) is 34.0 Å². The highest BCUT2D eigenvalue weighted by Gasteiger charge is 2.09. The fraction of sp³-hybridized carbons (Fsp3) is 0. The SMILES string of the molecule is N#CC(C#N)=C(C#N)Nc1ccc(C(=O)Nc2cccc(Cl)c2)cc1. The molecule has 2 N–H and O–H groups in total. The summed E-state index contributed by atoms with van der Waals surface area (Å²) in [5.74, 6) is -0.320. The molecule has 0 saturated heterocycles. The van der Waals surface area contributed by atoms with Crippen LogP contribution in [-0.4, -0.2) is 5.91 Å². The van der Waals surface area contributed by atoms with E-state index in [0.29, 0.717) is 22.0 Å². The third kappa shape index (κ3) is 4.59. The van der Waals surface area contributed by atoms with Gasteiger partial charge in [0.05, 0.1) is 0 Å². The number of benzene rings is 2. The number of rotatable bonds is 4. The molecular formula is C18H10ClN5O. The molecule has 25 heavy (non-hydrogen) atoms. The molecule has 0 fully saturated rings. The molecule has 0 aliphatic carbocycles. The molecule has 0 atom stereocenters. The Balaban J connectivity index is 2.14. The van der Waals surface area contributed by atoms with Gasteiger partial charge in [0.25, 0.3) is 5.91 Å². The Morgan fingerprint density at radius 2 is 1.56 bits per heavy atom. The van der Waals surface area contributed by atoms with Crippen molar-refractivity contribution in [3.63, 3.8) is 0 Å². The molecule has 0 aromatic heterocycles. The summed E-state index contributed by atoms with van der Waals surface area (Å²) in [6, 6.07) is 18.1. The van der Waals surface area contributed by atoms with Gasteiger partial charge in [-0.1, -0.05) is 17.7 Å². The van der Waals surface area contributed by atoms with Gasteiger partial charge in [0.15, 0.2) is 5.57 Å². The third-order valence-corrected chi connectivity index (χ3v) is 3.32. The Morgan fingerprint density at radius 3 is 2.12 bits per heavy atom. The Kier molecular flexibility index (Phi) is 5.74. The van der Waals surface area contributed by atoms with Gasteiger partial charge in [-0.05, 0) is 42.5 Å². The highest BCUT2D eigenvalue weighted by molar-refractivity contribution is 6.30. The minimum absolute atomic E-state index is 0.152. The van der Waals surface area contributed by atoms with Gasteiger partial charge < -0.3 is 10.6 Å². The number of nitrogens with zero attached hydrogens (tertiary/aromatic N) is 3. The van der Waals surface area contributed by atoms with Crippen molar-refractivity contribution >= 4 is 28.9 Å². The predicted octanol–water partition coefficient (Wildman–Crippen LogP) is 3.83. The number of carbonyl (C=O) groups excluding carboxylic acids is 1. The Bertz CT molecular complexity index is 943. The van der Waals surface area contributed by atoms with Crippen LogP contribution in [0.4, 0.5) is 11.4 Å². The average Bonchev–Trinajstić information content (AvgIpc) is 2.62. The molecule has 0 radical (unpaired) electrons. The molecule has 0 unspecified atom stereocenters. The summed E-state index contributed by atoms with van der Waals surface area (Å²) >= 11 is 5.87. The second-order valence-corrected chi connectivity index (χ2v) is 5.19. The lowest BCUT2D eigenvalue weighted by atomic mass is 10.1. The zero-order valence-corrected chi connectivity index (χ0v) is 13.5. The van der Waals surface area contributed by atoms with Crippen molar-refractivity contribution in [1.29, 1.82) is 15.8 Å². The molecule has 0 saturated carbocycles. The van der Waals surface area contributed by atoms with E-state index < -0.39 is 0 Å². The van der Waals surface area contributed by atoms with Crippen LogP contribution in [0.1, 0.15) is 10.4 Å². The lowest BCUT2D eigenvalue weighted by Gasteiger charge is -2.08. The Labute approximate surface area is 149 Å². The van der Waals surface area contributed by atoms with Gasteiger partial charge in [0, 0.05) is 22.0 Å². The molecule has 2 aromatic rings. The van der Waals surface area contributed by atoms with Crippen LogP contribution in [0.25, 0.3) is 0 Å². The number of hydrogen-bond donors (Lipinski definition) is 2. The van der Waals surface area contributed by atoms with E-state index in [1.54, 1.807) is 66.7 Å². The quantitative estimate of drug-likeness (QED) is 0.816. The molecule has 0 aliphatic heterocycles. The van der Waals surface area contributed by atoms with E-state index in [1.807, 2.05) is 0 Å². The van der Waals surface area contributed by atoms with Crippen molar-refractivity contribution in [3.05, 3.63) is 70.4 Å². The topological polar surface area (TPSA) is 112 Å². The molecule has 2 aromatic carbocycles. The number of allylic oxidation sites excluding steroid dienone is 2. The highest BCUT2D eigenvalue weighted by atomic mass is 35.5. The third-order valence-electron chi connectivity index (χ3n) is 3.08. The molecule has 0 heterocycles. The van der Waals surface area contributed by atoms with Crippen LogP contribution in [0.5, 0.6) is 0 Å². The minimum atomic E-state index is -0.320. The van der Waals surface area contributed by atoms with Crippen molar-refractivity contribution in [2.75, 3.05) is 10.6 Å². The number of hydrogen-bond acceptors (Lipinski definition) is 5. The fourth-order valence-corrected chi connectivity index (χ4v) is 2.09. The number of nitrogens with one attached hydrogen (secondary N) is 2. The molecule has 2 rings (SSSR count). The lowest BCUT2D eigenvalue weighted by Crippen LogP contribution is -2.11. The maximum Gasteiger partial charge on any atom is 0.255 e. The molecule has 6 nitrogen and oxygen atoms in total. The first kappa shape index (κ1) is 17.6. The number of amides is 1. The van der Waals surface area contributed by atoms with E-state index in [4.69, 9.17) is 27.4 Å². The fourth-order valence-electron chi connectivity index (χ4n) is 1.90. The van der Waals surface area contributed by atoms with Gasteiger partial charge in [-0.15, -0.1) is 0 Å². The zero-order chi connectivity index (χ0) is 18.2. The van der Waals surface area contributed by atoms with E-state index in [2.05, 4.69) is 10.6 Å². The van der Waals surface area contributed by atoms with E-state index in [1.165, 1.54) is 0 Å². The zero-order valence-electron chi connectivity index (χ0n) is 12.7. The average molecular weight is 348 g/mol. The molecule has 0 aliphatic rings. The molecule has 1 amide bonds. The molecular weight excluding hydrogens is 338 g/mol. The van der Waals surface area contributed by atoms with Crippen molar-refractivity contribution < 1.29 is 4.79 Å². The highest BCUT2D eigenvalue weighted by Crippen LogP contribution is 2.17. The largest absolute Gasteiger partial charge is 0.345 e. The smallest absolute Gasteiger partial charge is 0.255 e. The number of anilines is 2. The van der Waals surface area contributed by atoms with Gasteiger partial charge in [-0.25, -0.2) is 0 Å². The van der Waals surface area contributed by atoms with Gasteiger partial charge in [0.2, 0.25) is 0 Å². The standard InChI is InChI=1S/C18H10ClN5O/c19-14-2-1-3-16(8-14)24-18(25)12-4-6-15(7-5-12)23-17(11-22)13(9-20)10-21/h1-8,23H,(H,24,25). The summed E-state index contributed by atoms with van der Waals surface area (Å²) in [6.07, 6.45) is 0. The summed E-state index contributed by atoms with van der Waals surface area (Å²) in [5, 5.41) is 32.5. The van der Waals surface area contributed by atoms with E-state index in [0.717, 1.165) is 0 Å². The van der Waals surface area contributed by atoms with Gasteiger partial charge in [-0.3, -0.25) is 4.79 Å². The number of carbonyl (C=O) groups is 1. The van der Waals surface area contributed by atoms with Crippen molar-refractivity contribution in [2.45, 2.75) is 0 Å². The van der Waals surface area contributed by atoms with Crippen molar-refractivity contribution in [1.82, 2.24) is 0 Å². The summed E-state index contributed by atoms with van der Waals surface area (Å²) in [7, 11) is 0. The van der Waals surface area contributed by atoms with Crippen LogP contribution >= 0.6 is 11.6 Å². The second kappa shape index (κ2) is 8.17. The van der Waals surface area contributed by atoms with Crippen molar-refractivity contribution in [3.8, 4) is 18.2 Å². The van der Waals surface area contributed by atoms with Gasteiger partial charge in [-0.2, -0.15) is 15.8 Å². The van der Waals surface area contributed by atoms with E-state index in [9.17, 15) is 4.79 Å². The minimum Gasteiger partial charge on any atom is -0.345 e. The van der Waals surface area contributed by atoms with Gasteiger partial charge in [0.1, 0.15) is 23.9 Å². The van der Waals surface area contributed by atoms with Gasteiger partial charge >= 0.3 is 0 Å². The maximum absolute atomic E-state index is 12.2. The predicted molar refractivity (Wildman–Crippen MR) is 93.3 cm³/mol. The Morgan fingerprint density at radius 1 is 0.880 bits per heavy atom. The van der Waals surface area contributed by atoms with E-state index >= 15 is 0 Å². The van der Waals surface area contributed by atoms with Crippen LogP contribution in [0.2, 0.25) is 5.02 Å². The monoisotopic (exact) mass is 347 g/mol. The van der Waals surface area contributed by atoms with Crippen LogP contribution in [0.15, 0.2) is 59.8 Å². The molecule has 120 valence electrons. The first-order chi connectivity index (χ1) is 12.1. The van der Waals surface area contributed by atoms with Crippen molar-refractivity contribution in [2.24, 2.45) is 0 Å².